The largest absolute Gasteiger partial charge is 0.356 e. The van der Waals surface area contributed by atoms with Gasteiger partial charge in [-0.25, -0.2) is 0 Å². The molecule has 1 amide bonds. The van der Waals surface area contributed by atoms with E-state index in [4.69, 9.17) is 23.2 Å². The topological polar surface area (TPSA) is 46.9 Å². The van der Waals surface area contributed by atoms with Gasteiger partial charge in [-0.2, -0.15) is 5.10 Å². The number of rotatable bonds is 5. The van der Waals surface area contributed by atoms with Gasteiger partial charge in [-0.05, 0) is 42.0 Å². The molecule has 6 heteroatoms. The van der Waals surface area contributed by atoms with Crippen molar-refractivity contribution in [3.05, 3.63) is 51.8 Å². The van der Waals surface area contributed by atoms with Crippen molar-refractivity contribution in [2.45, 2.75) is 18.8 Å². The van der Waals surface area contributed by atoms with Gasteiger partial charge in [0, 0.05) is 35.8 Å². The average Bonchev–Trinajstić information content (AvgIpc) is 3.15. The quantitative estimate of drug-likeness (QED) is 0.910. The van der Waals surface area contributed by atoms with Crippen molar-refractivity contribution in [2.24, 2.45) is 13.0 Å². The van der Waals surface area contributed by atoms with Crippen LogP contribution in [0.15, 0.2) is 30.6 Å². The van der Waals surface area contributed by atoms with E-state index in [1.165, 1.54) is 0 Å². The molecule has 1 aromatic heterocycles. The van der Waals surface area contributed by atoms with Crippen LogP contribution in [0, 0.1) is 5.92 Å². The second-order valence-corrected chi connectivity index (χ2v) is 6.52. The Kier molecular flexibility index (Phi) is 4.41. The molecule has 2 atom stereocenters. The minimum Gasteiger partial charge on any atom is -0.356 e. The van der Waals surface area contributed by atoms with Crippen LogP contribution in [0.3, 0.4) is 0 Å². The van der Waals surface area contributed by atoms with Crippen LogP contribution in [-0.4, -0.2) is 22.2 Å². The van der Waals surface area contributed by atoms with Gasteiger partial charge in [0.05, 0.1) is 6.20 Å². The Balaban J connectivity index is 1.50. The van der Waals surface area contributed by atoms with Crippen LogP contribution in [-0.2, 0) is 18.3 Å². The lowest BCUT2D eigenvalue weighted by molar-refractivity contribution is -0.122. The SMILES string of the molecule is Cn1cc(CCNC(=O)C2CC2c2ccc(Cl)cc2Cl)cn1. The molecule has 0 bridgehead atoms. The van der Waals surface area contributed by atoms with Crippen LogP contribution < -0.4 is 5.32 Å². The molecular formula is C16H17Cl2N3O. The number of amides is 1. The molecule has 0 spiro atoms. The van der Waals surface area contributed by atoms with Gasteiger partial charge in [0.2, 0.25) is 5.91 Å². The molecule has 116 valence electrons. The summed E-state index contributed by atoms with van der Waals surface area (Å²) in [6.45, 7) is 0.627. The van der Waals surface area contributed by atoms with Gasteiger partial charge in [0.1, 0.15) is 0 Å². The number of hydrogen-bond donors (Lipinski definition) is 1. The first kappa shape index (κ1) is 15.4. The number of nitrogens with zero attached hydrogens (tertiary/aromatic N) is 2. The minimum absolute atomic E-state index is 0.0209. The number of halogens is 2. The molecule has 1 aliphatic carbocycles. The highest BCUT2D eigenvalue weighted by atomic mass is 35.5. The lowest BCUT2D eigenvalue weighted by atomic mass is 10.1. The summed E-state index contributed by atoms with van der Waals surface area (Å²) in [4.78, 5) is 12.2. The predicted molar refractivity (Wildman–Crippen MR) is 87.2 cm³/mol. The average molecular weight is 338 g/mol. The van der Waals surface area contributed by atoms with Gasteiger partial charge in [-0.3, -0.25) is 9.48 Å². The lowest BCUT2D eigenvalue weighted by Gasteiger charge is -2.06. The molecule has 0 saturated heterocycles. The van der Waals surface area contributed by atoms with Crippen molar-refractivity contribution >= 4 is 29.1 Å². The van der Waals surface area contributed by atoms with Crippen molar-refractivity contribution in [1.82, 2.24) is 15.1 Å². The Labute approximate surface area is 139 Å². The maximum absolute atomic E-state index is 12.2. The summed E-state index contributed by atoms with van der Waals surface area (Å²) in [5.41, 5.74) is 2.13. The Hall–Kier alpha value is -1.52. The summed E-state index contributed by atoms with van der Waals surface area (Å²) < 4.78 is 1.76. The molecule has 1 aliphatic rings. The molecule has 1 heterocycles. The third-order valence-corrected chi connectivity index (χ3v) is 4.52. The number of nitrogens with one attached hydrogen (secondary N) is 1. The van der Waals surface area contributed by atoms with Crippen LogP contribution >= 0.6 is 23.2 Å². The predicted octanol–water partition coefficient (Wildman–Crippen LogP) is 3.19. The van der Waals surface area contributed by atoms with Crippen LogP contribution in [0.25, 0.3) is 0 Å². The molecule has 0 radical (unpaired) electrons. The Morgan fingerprint density at radius 2 is 2.27 bits per heavy atom. The van der Waals surface area contributed by atoms with Crippen molar-refractivity contribution in [3.63, 3.8) is 0 Å². The van der Waals surface area contributed by atoms with E-state index in [2.05, 4.69) is 10.4 Å². The minimum atomic E-state index is 0.0209. The highest BCUT2D eigenvalue weighted by molar-refractivity contribution is 6.35. The first-order chi connectivity index (χ1) is 10.5. The fraction of sp³-hybridized carbons (Fsp3) is 0.375. The Morgan fingerprint density at radius 1 is 1.45 bits per heavy atom. The number of carbonyl (C=O) groups excluding carboxylic acids is 1. The molecule has 1 aromatic carbocycles. The van der Waals surface area contributed by atoms with E-state index in [1.54, 1.807) is 10.7 Å². The van der Waals surface area contributed by atoms with E-state index >= 15 is 0 Å². The zero-order valence-electron chi connectivity index (χ0n) is 12.2. The van der Waals surface area contributed by atoms with E-state index in [0.717, 1.165) is 24.0 Å². The maximum atomic E-state index is 12.2. The number of benzene rings is 1. The van der Waals surface area contributed by atoms with Crippen molar-refractivity contribution in [1.29, 1.82) is 0 Å². The monoisotopic (exact) mass is 337 g/mol. The van der Waals surface area contributed by atoms with Gasteiger partial charge < -0.3 is 5.32 Å². The van der Waals surface area contributed by atoms with Crippen molar-refractivity contribution in [2.75, 3.05) is 6.54 Å². The summed E-state index contributed by atoms with van der Waals surface area (Å²) >= 11 is 12.1. The molecule has 0 aliphatic heterocycles. The number of carbonyl (C=O) groups is 1. The molecular weight excluding hydrogens is 321 g/mol. The lowest BCUT2D eigenvalue weighted by Crippen LogP contribution is -2.27. The summed E-state index contributed by atoms with van der Waals surface area (Å²) in [7, 11) is 1.88. The summed E-state index contributed by atoms with van der Waals surface area (Å²) in [6.07, 6.45) is 5.41. The van der Waals surface area contributed by atoms with Crippen LogP contribution in [0.5, 0.6) is 0 Å². The molecule has 22 heavy (non-hydrogen) atoms. The molecule has 2 aromatic rings. The van der Waals surface area contributed by atoms with E-state index in [-0.39, 0.29) is 17.7 Å². The Morgan fingerprint density at radius 3 is 2.95 bits per heavy atom. The number of hydrogen-bond acceptors (Lipinski definition) is 2. The Bertz CT molecular complexity index is 698. The maximum Gasteiger partial charge on any atom is 0.223 e. The molecule has 1 fully saturated rings. The van der Waals surface area contributed by atoms with E-state index in [9.17, 15) is 4.79 Å². The molecule has 2 unspecified atom stereocenters. The highest BCUT2D eigenvalue weighted by Gasteiger charge is 2.44. The number of aromatic nitrogens is 2. The fourth-order valence-electron chi connectivity index (χ4n) is 2.69. The molecule has 3 rings (SSSR count). The first-order valence-corrected chi connectivity index (χ1v) is 8.00. The van der Waals surface area contributed by atoms with Crippen LogP contribution in [0.4, 0.5) is 0 Å². The standard InChI is InChI=1S/C16H17Cl2N3O/c1-21-9-10(8-20-21)4-5-19-16(22)14-7-13(14)12-3-2-11(17)6-15(12)18/h2-3,6,8-9,13-14H,4-5,7H2,1H3,(H,19,22). The van der Waals surface area contributed by atoms with Gasteiger partial charge in [0.15, 0.2) is 0 Å². The third kappa shape index (κ3) is 3.45. The first-order valence-electron chi connectivity index (χ1n) is 7.25. The zero-order valence-corrected chi connectivity index (χ0v) is 13.7. The van der Waals surface area contributed by atoms with Gasteiger partial charge in [0.25, 0.3) is 0 Å². The molecule has 1 N–H and O–H groups in total. The highest BCUT2D eigenvalue weighted by Crippen LogP contribution is 2.49. The summed E-state index contributed by atoms with van der Waals surface area (Å²) in [5.74, 6) is 0.329. The molecule has 1 saturated carbocycles. The molecule has 4 nitrogen and oxygen atoms in total. The van der Waals surface area contributed by atoms with Crippen molar-refractivity contribution < 1.29 is 4.79 Å². The van der Waals surface area contributed by atoms with Crippen LogP contribution in [0.1, 0.15) is 23.5 Å². The van der Waals surface area contributed by atoms with Gasteiger partial charge in [-0.1, -0.05) is 29.3 Å². The second-order valence-electron chi connectivity index (χ2n) is 5.68. The number of aryl methyl sites for hydroxylation is 1. The normalized spacial score (nSPS) is 20.0. The van der Waals surface area contributed by atoms with Crippen molar-refractivity contribution in [3.8, 4) is 0 Å². The van der Waals surface area contributed by atoms with Crippen LogP contribution in [0.2, 0.25) is 10.0 Å². The smallest absolute Gasteiger partial charge is 0.223 e. The third-order valence-electron chi connectivity index (χ3n) is 3.96. The van der Waals surface area contributed by atoms with E-state index in [0.29, 0.717) is 16.6 Å². The van der Waals surface area contributed by atoms with E-state index in [1.807, 2.05) is 31.6 Å². The fourth-order valence-corrected chi connectivity index (χ4v) is 3.24. The van der Waals surface area contributed by atoms with E-state index < -0.39 is 0 Å². The second kappa shape index (κ2) is 6.31. The van der Waals surface area contributed by atoms with Gasteiger partial charge in [-0.15, -0.1) is 0 Å². The zero-order chi connectivity index (χ0) is 15.7. The summed E-state index contributed by atoms with van der Waals surface area (Å²) in [6, 6.07) is 5.46. The van der Waals surface area contributed by atoms with Gasteiger partial charge >= 0.3 is 0 Å². The summed E-state index contributed by atoms with van der Waals surface area (Å²) in [5, 5.41) is 8.36.